The summed E-state index contributed by atoms with van der Waals surface area (Å²) in [7, 11) is 1.55. The Morgan fingerprint density at radius 1 is 1.08 bits per heavy atom. The lowest BCUT2D eigenvalue weighted by Gasteiger charge is -2.12. The Hall–Kier alpha value is -3.02. The molecule has 0 radical (unpaired) electrons. The number of hydrogen-bond donors (Lipinski definition) is 3. The largest absolute Gasteiger partial charge is 0.495 e. The Kier molecular flexibility index (Phi) is 6.39. The lowest BCUT2D eigenvalue weighted by Crippen LogP contribution is -2.30. The molecule has 0 saturated carbocycles. The number of benzene rings is 2. The minimum Gasteiger partial charge on any atom is -0.495 e. The number of ether oxygens (including phenoxy) is 1. The van der Waals surface area contributed by atoms with Crippen LogP contribution < -0.4 is 20.7 Å². The number of anilines is 2. The van der Waals surface area contributed by atoms with Gasteiger partial charge in [-0.3, -0.25) is 9.59 Å². The van der Waals surface area contributed by atoms with E-state index in [-0.39, 0.29) is 24.4 Å². The molecule has 0 heterocycles. The van der Waals surface area contributed by atoms with Crippen molar-refractivity contribution < 1.29 is 14.3 Å². The van der Waals surface area contributed by atoms with Crippen LogP contribution in [-0.2, 0) is 4.79 Å². The van der Waals surface area contributed by atoms with Crippen molar-refractivity contribution >= 4 is 23.2 Å². The van der Waals surface area contributed by atoms with Gasteiger partial charge in [-0.2, -0.15) is 0 Å². The number of carbonyl (C=O) groups is 2. The SMILES string of the molecule is COc1ccccc1NC(=O)CNc1cccc(C(=O)NC(C)C)c1. The van der Waals surface area contributed by atoms with Crippen LogP contribution in [0, 0.1) is 0 Å². The van der Waals surface area contributed by atoms with Crippen LogP contribution in [0.25, 0.3) is 0 Å². The summed E-state index contributed by atoms with van der Waals surface area (Å²) in [6.45, 7) is 3.89. The van der Waals surface area contributed by atoms with Crippen LogP contribution in [0.15, 0.2) is 48.5 Å². The Morgan fingerprint density at radius 2 is 1.84 bits per heavy atom. The predicted octanol–water partition coefficient (Wildman–Crippen LogP) is 2.88. The maximum Gasteiger partial charge on any atom is 0.251 e. The second kappa shape index (κ2) is 8.73. The highest BCUT2D eigenvalue weighted by Gasteiger charge is 2.09. The third-order valence-electron chi connectivity index (χ3n) is 3.38. The number of hydrogen-bond acceptors (Lipinski definition) is 4. The van der Waals surface area contributed by atoms with Gasteiger partial charge < -0.3 is 20.7 Å². The molecule has 3 N–H and O–H groups in total. The number of nitrogens with one attached hydrogen (secondary N) is 3. The summed E-state index contributed by atoms with van der Waals surface area (Å²) in [4.78, 5) is 24.1. The maximum atomic E-state index is 12.1. The molecule has 2 rings (SSSR count). The van der Waals surface area contributed by atoms with Gasteiger partial charge in [0.25, 0.3) is 5.91 Å². The smallest absolute Gasteiger partial charge is 0.251 e. The second-order valence-electron chi connectivity index (χ2n) is 5.81. The number of carbonyl (C=O) groups excluding carboxylic acids is 2. The van der Waals surface area contributed by atoms with E-state index in [1.54, 1.807) is 37.4 Å². The van der Waals surface area contributed by atoms with Gasteiger partial charge in [0.15, 0.2) is 0 Å². The third kappa shape index (κ3) is 5.53. The molecule has 0 unspecified atom stereocenters. The predicted molar refractivity (Wildman–Crippen MR) is 99.2 cm³/mol. The summed E-state index contributed by atoms with van der Waals surface area (Å²) in [5.41, 5.74) is 1.86. The van der Waals surface area contributed by atoms with Crippen molar-refractivity contribution in [3.63, 3.8) is 0 Å². The Morgan fingerprint density at radius 3 is 2.56 bits per heavy atom. The standard InChI is InChI=1S/C19H23N3O3/c1-13(2)21-19(24)14-7-6-8-15(11-14)20-12-18(23)22-16-9-4-5-10-17(16)25-3/h4-11,13,20H,12H2,1-3H3,(H,21,24)(H,22,23). The normalized spacial score (nSPS) is 10.2. The van der Waals surface area contributed by atoms with E-state index in [0.717, 1.165) is 0 Å². The zero-order valence-electron chi connectivity index (χ0n) is 14.6. The van der Waals surface area contributed by atoms with Crippen molar-refractivity contribution in [1.29, 1.82) is 0 Å². The average Bonchev–Trinajstić information content (AvgIpc) is 2.60. The summed E-state index contributed by atoms with van der Waals surface area (Å²) in [6.07, 6.45) is 0. The monoisotopic (exact) mass is 341 g/mol. The van der Waals surface area contributed by atoms with Crippen molar-refractivity contribution in [2.24, 2.45) is 0 Å². The molecule has 2 amide bonds. The van der Waals surface area contributed by atoms with Crippen LogP contribution in [0.5, 0.6) is 5.75 Å². The van der Waals surface area contributed by atoms with E-state index in [0.29, 0.717) is 22.7 Å². The van der Waals surface area contributed by atoms with Crippen molar-refractivity contribution in [2.45, 2.75) is 19.9 Å². The van der Waals surface area contributed by atoms with Gasteiger partial charge in [0.05, 0.1) is 19.3 Å². The molecule has 6 nitrogen and oxygen atoms in total. The number of rotatable bonds is 7. The quantitative estimate of drug-likeness (QED) is 0.723. The van der Waals surface area contributed by atoms with Gasteiger partial charge in [-0.1, -0.05) is 18.2 Å². The zero-order valence-corrected chi connectivity index (χ0v) is 14.6. The summed E-state index contributed by atoms with van der Waals surface area (Å²) < 4.78 is 5.20. The molecule has 0 spiro atoms. The van der Waals surface area contributed by atoms with Crippen molar-refractivity contribution in [3.8, 4) is 5.75 Å². The maximum absolute atomic E-state index is 12.1. The zero-order chi connectivity index (χ0) is 18.2. The molecule has 2 aromatic carbocycles. The van der Waals surface area contributed by atoms with E-state index in [4.69, 9.17) is 4.74 Å². The fourth-order valence-corrected chi connectivity index (χ4v) is 2.24. The van der Waals surface area contributed by atoms with Gasteiger partial charge in [0, 0.05) is 17.3 Å². The molecular formula is C19H23N3O3. The first kappa shape index (κ1) is 18.3. The fraction of sp³-hybridized carbons (Fsp3) is 0.263. The van der Waals surface area contributed by atoms with Gasteiger partial charge in [-0.25, -0.2) is 0 Å². The van der Waals surface area contributed by atoms with Crippen LogP contribution in [-0.4, -0.2) is 31.5 Å². The highest BCUT2D eigenvalue weighted by atomic mass is 16.5. The van der Waals surface area contributed by atoms with Crippen LogP contribution in [0.2, 0.25) is 0 Å². The molecule has 132 valence electrons. The lowest BCUT2D eigenvalue weighted by molar-refractivity contribution is -0.114. The molecule has 6 heteroatoms. The first-order valence-corrected chi connectivity index (χ1v) is 8.07. The van der Waals surface area contributed by atoms with Crippen LogP contribution in [0.1, 0.15) is 24.2 Å². The van der Waals surface area contributed by atoms with Gasteiger partial charge in [0.2, 0.25) is 5.91 Å². The number of para-hydroxylation sites is 2. The Balaban J connectivity index is 1.94. The second-order valence-corrected chi connectivity index (χ2v) is 5.81. The van der Waals surface area contributed by atoms with E-state index in [1.807, 2.05) is 32.0 Å². The third-order valence-corrected chi connectivity index (χ3v) is 3.38. The van der Waals surface area contributed by atoms with Crippen LogP contribution in [0.3, 0.4) is 0 Å². The highest BCUT2D eigenvalue weighted by Crippen LogP contribution is 2.22. The molecule has 0 bridgehead atoms. The topological polar surface area (TPSA) is 79.5 Å². The van der Waals surface area contributed by atoms with E-state index in [1.165, 1.54) is 0 Å². The molecule has 0 aromatic heterocycles. The van der Waals surface area contributed by atoms with Gasteiger partial charge >= 0.3 is 0 Å². The Bertz CT molecular complexity index is 744. The molecule has 0 atom stereocenters. The highest BCUT2D eigenvalue weighted by molar-refractivity contribution is 5.96. The minimum atomic E-state index is -0.207. The average molecular weight is 341 g/mol. The van der Waals surface area contributed by atoms with Crippen molar-refractivity contribution in [3.05, 3.63) is 54.1 Å². The van der Waals surface area contributed by atoms with E-state index in [2.05, 4.69) is 16.0 Å². The van der Waals surface area contributed by atoms with Gasteiger partial charge in [-0.15, -0.1) is 0 Å². The lowest BCUT2D eigenvalue weighted by atomic mass is 10.1. The minimum absolute atomic E-state index is 0.0655. The molecule has 0 saturated heterocycles. The molecule has 0 aliphatic rings. The van der Waals surface area contributed by atoms with Crippen molar-refractivity contribution in [2.75, 3.05) is 24.3 Å². The summed E-state index contributed by atoms with van der Waals surface area (Å²) >= 11 is 0. The van der Waals surface area contributed by atoms with E-state index < -0.39 is 0 Å². The van der Waals surface area contributed by atoms with Crippen molar-refractivity contribution in [1.82, 2.24) is 5.32 Å². The Labute approximate surface area is 147 Å². The molecule has 0 aliphatic carbocycles. The summed E-state index contributed by atoms with van der Waals surface area (Å²) in [5, 5.41) is 8.64. The van der Waals surface area contributed by atoms with E-state index in [9.17, 15) is 9.59 Å². The first-order valence-electron chi connectivity index (χ1n) is 8.07. The molecule has 0 fully saturated rings. The van der Waals surface area contributed by atoms with Crippen LogP contribution in [0.4, 0.5) is 11.4 Å². The van der Waals surface area contributed by atoms with E-state index >= 15 is 0 Å². The summed E-state index contributed by atoms with van der Waals surface area (Å²) in [6, 6.07) is 14.3. The van der Waals surface area contributed by atoms with Gasteiger partial charge in [0.1, 0.15) is 5.75 Å². The summed E-state index contributed by atoms with van der Waals surface area (Å²) in [5.74, 6) is 0.252. The molecule has 0 aliphatic heterocycles. The van der Waals surface area contributed by atoms with Crippen LogP contribution >= 0.6 is 0 Å². The van der Waals surface area contributed by atoms with Gasteiger partial charge in [-0.05, 0) is 44.2 Å². The first-order chi connectivity index (χ1) is 12.0. The fourth-order valence-electron chi connectivity index (χ4n) is 2.24. The number of amides is 2. The molecular weight excluding hydrogens is 318 g/mol. The molecule has 2 aromatic rings. The molecule has 25 heavy (non-hydrogen) atoms. The number of methoxy groups -OCH3 is 1.